The van der Waals surface area contributed by atoms with Crippen LogP contribution in [0.1, 0.15) is 33.3 Å². The molecule has 2 rings (SSSR count). The number of hydrogen-bond donors (Lipinski definition) is 2. The van der Waals surface area contributed by atoms with Crippen LogP contribution in [0, 0.1) is 0 Å². The summed E-state index contributed by atoms with van der Waals surface area (Å²) < 4.78 is 66.3. The minimum Gasteiger partial charge on any atom is -0.346 e. The average Bonchev–Trinajstić information content (AvgIpc) is 2.59. The number of alkyl halides is 3. The molecule has 0 bridgehead atoms. The van der Waals surface area contributed by atoms with Gasteiger partial charge in [0.1, 0.15) is 0 Å². The van der Waals surface area contributed by atoms with Crippen LogP contribution in [-0.2, 0) is 21.0 Å². The summed E-state index contributed by atoms with van der Waals surface area (Å²) in [4.78, 5) is 12.5. The molecule has 0 aliphatic carbocycles. The first-order valence-corrected chi connectivity index (χ1v) is 10.5. The van der Waals surface area contributed by atoms with Crippen molar-refractivity contribution >= 4 is 15.9 Å². The normalized spacial score (nSPS) is 18.7. The molecule has 1 aromatic carbocycles. The Morgan fingerprint density at radius 3 is 2.18 bits per heavy atom. The van der Waals surface area contributed by atoms with Crippen molar-refractivity contribution in [1.82, 2.24) is 9.62 Å². The van der Waals surface area contributed by atoms with E-state index in [9.17, 15) is 26.4 Å². The molecule has 1 aliphatic rings. The number of sulfonamides is 1. The molecular formula is C18H27F3N3O3S+. The van der Waals surface area contributed by atoms with E-state index in [4.69, 9.17) is 0 Å². The van der Waals surface area contributed by atoms with E-state index in [1.54, 1.807) is 6.92 Å². The lowest BCUT2D eigenvalue weighted by molar-refractivity contribution is -0.917. The number of benzene rings is 1. The maximum absolute atomic E-state index is 13.2. The molecule has 0 radical (unpaired) electrons. The van der Waals surface area contributed by atoms with E-state index in [1.807, 2.05) is 20.8 Å². The number of rotatable bonds is 4. The summed E-state index contributed by atoms with van der Waals surface area (Å²) in [6.07, 6.45) is -4.75. The second-order valence-corrected chi connectivity index (χ2v) is 9.92. The van der Waals surface area contributed by atoms with Crippen molar-refractivity contribution in [3.05, 3.63) is 29.8 Å². The van der Waals surface area contributed by atoms with Crippen molar-refractivity contribution in [2.45, 2.75) is 50.3 Å². The van der Waals surface area contributed by atoms with Crippen LogP contribution >= 0.6 is 0 Å². The van der Waals surface area contributed by atoms with Crippen molar-refractivity contribution in [3.8, 4) is 0 Å². The Hall–Kier alpha value is -1.65. The van der Waals surface area contributed by atoms with Crippen molar-refractivity contribution in [3.63, 3.8) is 0 Å². The Morgan fingerprint density at radius 2 is 1.68 bits per heavy atom. The van der Waals surface area contributed by atoms with E-state index in [1.165, 1.54) is 12.1 Å². The zero-order valence-corrected chi connectivity index (χ0v) is 17.2. The second kappa shape index (κ2) is 8.00. The van der Waals surface area contributed by atoms with E-state index in [0.717, 1.165) is 21.3 Å². The van der Waals surface area contributed by atoms with E-state index in [-0.39, 0.29) is 30.6 Å². The maximum atomic E-state index is 13.2. The zero-order valence-electron chi connectivity index (χ0n) is 16.4. The molecule has 0 spiro atoms. The molecule has 0 saturated carbocycles. The van der Waals surface area contributed by atoms with Gasteiger partial charge in [-0.1, -0.05) is 12.1 Å². The molecule has 1 heterocycles. The number of nitrogens with zero attached hydrogens (tertiary/aromatic N) is 1. The molecule has 0 aromatic heterocycles. The lowest BCUT2D eigenvalue weighted by atomic mass is 10.1. The van der Waals surface area contributed by atoms with Crippen molar-refractivity contribution < 1.29 is 31.3 Å². The monoisotopic (exact) mass is 422 g/mol. The topological polar surface area (TPSA) is 70.9 Å². The third-order valence-electron chi connectivity index (χ3n) is 4.68. The average molecular weight is 422 g/mol. The van der Waals surface area contributed by atoms with Crippen molar-refractivity contribution in [2.24, 2.45) is 0 Å². The van der Waals surface area contributed by atoms with Gasteiger partial charge in [0.25, 0.3) is 5.91 Å². The van der Waals surface area contributed by atoms with Gasteiger partial charge in [-0.2, -0.15) is 17.5 Å². The summed E-state index contributed by atoms with van der Waals surface area (Å²) in [5.41, 5.74) is -1.54. The Labute approximate surface area is 163 Å². The lowest BCUT2D eigenvalue weighted by Gasteiger charge is -2.35. The highest BCUT2D eigenvalue weighted by Crippen LogP contribution is 2.35. The Balaban J connectivity index is 2.12. The van der Waals surface area contributed by atoms with Crippen LogP contribution in [0.2, 0.25) is 0 Å². The molecule has 6 nitrogen and oxygen atoms in total. The predicted molar refractivity (Wildman–Crippen MR) is 98.3 cm³/mol. The molecule has 158 valence electrons. The van der Waals surface area contributed by atoms with Gasteiger partial charge in [0.15, 0.2) is 6.04 Å². The van der Waals surface area contributed by atoms with Gasteiger partial charge in [-0.25, -0.2) is 8.42 Å². The fourth-order valence-electron chi connectivity index (χ4n) is 3.17. The first-order valence-electron chi connectivity index (χ1n) is 9.06. The molecule has 1 fully saturated rings. The van der Waals surface area contributed by atoms with Crippen LogP contribution in [0.3, 0.4) is 0 Å². The summed E-state index contributed by atoms with van der Waals surface area (Å²) in [5, 5.41) is 2.89. The molecule has 2 N–H and O–H groups in total. The largest absolute Gasteiger partial charge is 0.417 e. The van der Waals surface area contributed by atoms with Gasteiger partial charge in [-0.3, -0.25) is 4.79 Å². The van der Waals surface area contributed by atoms with Gasteiger partial charge in [-0.15, -0.1) is 0 Å². The van der Waals surface area contributed by atoms with E-state index in [0.29, 0.717) is 13.1 Å². The number of halogens is 3. The fraction of sp³-hybridized carbons (Fsp3) is 0.611. The molecule has 0 unspecified atom stereocenters. The molecule has 1 aliphatic heterocycles. The van der Waals surface area contributed by atoms with Crippen LogP contribution in [0.5, 0.6) is 0 Å². The predicted octanol–water partition coefficient (Wildman–Crippen LogP) is 0.898. The minimum absolute atomic E-state index is 0.0526. The number of nitrogens with one attached hydrogen (secondary N) is 2. The van der Waals surface area contributed by atoms with Gasteiger partial charge >= 0.3 is 6.18 Å². The number of quaternary nitrogens is 1. The van der Waals surface area contributed by atoms with E-state index in [2.05, 4.69) is 5.32 Å². The SMILES string of the molecule is C[C@@H](C(=O)NC(C)(C)C)[NH+]1CCN(S(=O)(=O)c2ccccc2C(F)(F)F)CC1. The molecule has 28 heavy (non-hydrogen) atoms. The third-order valence-corrected chi connectivity index (χ3v) is 6.64. The van der Waals surface area contributed by atoms with Gasteiger partial charge in [0, 0.05) is 5.54 Å². The van der Waals surface area contributed by atoms with Gasteiger partial charge in [-0.05, 0) is 39.8 Å². The number of amides is 1. The summed E-state index contributed by atoms with van der Waals surface area (Å²) in [6, 6.07) is 3.82. The molecule has 1 saturated heterocycles. The number of carbonyl (C=O) groups excluding carboxylic acids is 1. The second-order valence-electron chi connectivity index (χ2n) is 8.02. The quantitative estimate of drug-likeness (QED) is 0.758. The minimum atomic E-state index is -4.75. The van der Waals surface area contributed by atoms with Crippen LogP contribution in [-0.4, -0.2) is 56.4 Å². The van der Waals surface area contributed by atoms with E-state index < -0.39 is 26.7 Å². The van der Waals surface area contributed by atoms with Crippen LogP contribution in [0.15, 0.2) is 29.2 Å². The van der Waals surface area contributed by atoms with Gasteiger partial charge in [0.2, 0.25) is 10.0 Å². The summed E-state index contributed by atoms with van der Waals surface area (Å²) in [6.45, 7) is 8.16. The Morgan fingerprint density at radius 1 is 1.14 bits per heavy atom. The highest BCUT2D eigenvalue weighted by Gasteiger charge is 2.41. The molecular weight excluding hydrogens is 395 g/mol. The first-order chi connectivity index (χ1) is 12.7. The Bertz CT molecular complexity index is 811. The lowest BCUT2D eigenvalue weighted by Crippen LogP contribution is -3.19. The fourth-order valence-corrected chi connectivity index (χ4v) is 4.83. The van der Waals surface area contributed by atoms with Gasteiger partial charge < -0.3 is 10.2 Å². The highest BCUT2D eigenvalue weighted by molar-refractivity contribution is 7.89. The number of piperazine rings is 1. The molecule has 1 amide bonds. The zero-order chi connectivity index (χ0) is 21.3. The van der Waals surface area contributed by atoms with E-state index >= 15 is 0 Å². The highest BCUT2D eigenvalue weighted by atomic mass is 32.2. The van der Waals surface area contributed by atoms with Crippen LogP contribution in [0.4, 0.5) is 13.2 Å². The van der Waals surface area contributed by atoms with Crippen molar-refractivity contribution in [1.29, 1.82) is 0 Å². The first kappa shape index (κ1) is 22.6. The van der Waals surface area contributed by atoms with Crippen LogP contribution in [0.25, 0.3) is 0 Å². The maximum Gasteiger partial charge on any atom is 0.417 e. The van der Waals surface area contributed by atoms with Crippen molar-refractivity contribution in [2.75, 3.05) is 26.2 Å². The smallest absolute Gasteiger partial charge is 0.346 e. The van der Waals surface area contributed by atoms with Gasteiger partial charge in [0.05, 0.1) is 36.6 Å². The molecule has 1 aromatic rings. The third kappa shape index (κ3) is 5.24. The molecule has 10 heteroatoms. The number of carbonyl (C=O) groups is 1. The summed E-state index contributed by atoms with van der Waals surface area (Å²) in [7, 11) is -4.27. The number of hydrogen-bond acceptors (Lipinski definition) is 3. The van der Waals surface area contributed by atoms with Crippen LogP contribution < -0.4 is 10.2 Å². The molecule has 1 atom stereocenters. The standard InChI is InChI=1S/C18H26F3N3O3S/c1-13(16(25)22-17(2,3)4)23-9-11-24(12-10-23)28(26,27)15-8-6-5-7-14(15)18(19,20)21/h5-8,13H,9-12H2,1-4H3,(H,22,25)/p+1/t13-/m0/s1. The Kier molecular flexibility index (Phi) is 6.47. The summed E-state index contributed by atoms with van der Waals surface area (Å²) >= 11 is 0. The summed E-state index contributed by atoms with van der Waals surface area (Å²) in [5.74, 6) is -0.138.